The Morgan fingerprint density at radius 2 is 1.30 bits per heavy atom. The van der Waals surface area contributed by atoms with Crippen LogP contribution in [0.25, 0.3) is 0 Å². The molecule has 2 heteroatoms. The summed E-state index contributed by atoms with van der Waals surface area (Å²) in [6, 6.07) is 11.2. The van der Waals surface area contributed by atoms with Crippen molar-refractivity contribution in [3.63, 3.8) is 0 Å². The van der Waals surface area contributed by atoms with Crippen molar-refractivity contribution in [1.29, 1.82) is 0 Å². The van der Waals surface area contributed by atoms with Crippen molar-refractivity contribution >= 4 is 0 Å². The van der Waals surface area contributed by atoms with E-state index in [2.05, 4.69) is 6.92 Å². The first kappa shape index (κ1) is 14.4. The van der Waals surface area contributed by atoms with Crippen LogP contribution >= 0.6 is 0 Å². The molecule has 0 aliphatic rings. The number of phenolic OH excluding ortho intramolecular Hbond substituents is 2. The molecule has 0 aliphatic heterocycles. The van der Waals surface area contributed by atoms with Crippen molar-refractivity contribution in [3.8, 4) is 11.5 Å². The van der Waals surface area contributed by atoms with Crippen LogP contribution in [0.3, 0.4) is 0 Å². The zero-order valence-corrected chi connectivity index (χ0v) is 12.4. The van der Waals surface area contributed by atoms with Crippen LogP contribution in [0, 0.1) is 13.8 Å². The highest BCUT2D eigenvalue weighted by Gasteiger charge is 2.17. The van der Waals surface area contributed by atoms with Crippen molar-refractivity contribution in [2.45, 2.75) is 39.5 Å². The first-order valence-corrected chi connectivity index (χ1v) is 7.12. The van der Waals surface area contributed by atoms with Crippen LogP contribution in [0.1, 0.15) is 47.9 Å². The Hall–Kier alpha value is -1.96. The fraction of sp³-hybridized carbons (Fsp3) is 0.333. The van der Waals surface area contributed by atoms with Crippen LogP contribution in [0.15, 0.2) is 36.4 Å². The highest BCUT2D eigenvalue weighted by molar-refractivity contribution is 5.45. The van der Waals surface area contributed by atoms with Gasteiger partial charge in [0.25, 0.3) is 0 Å². The van der Waals surface area contributed by atoms with Gasteiger partial charge >= 0.3 is 0 Å². The molecule has 2 aromatic rings. The van der Waals surface area contributed by atoms with Gasteiger partial charge in [0.05, 0.1) is 0 Å². The fourth-order valence-electron chi connectivity index (χ4n) is 2.87. The van der Waals surface area contributed by atoms with Crippen molar-refractivity contribution in [2.75, 3.05) is 0 Å². The van der Waals surface area contributed by atoms with Gasteiger partial charge in [-0.3, -0.25) is 0 Å². The monoisotopic (exact) mass is 270 g/mol. The van der Waals surface area contributed by atoms with Gasteiger partial charge in [0, 0.05) is 5.92 Å². The van der Waals surface area contributed by atoms with Crippen LogP contribution < -0.4 is 0 Å². The maximum absolute atomic E-state index is 9.58. The first-order valence-electron chi connectivity index (χ1n) is 7.12. The molecule has 0 saturated carbocycles. The first-order chi connectivity index (χ1) is 9.52. The molecule has 2 rings (SSSR count). The third-order valence-electron chi connectivity index (χ3n) is 3.83. The van der Waals surface area contributed by atoms with E-state index in [4.69, 9.17) is 0 Å². The molecular formula is C18H22O2. The van der Waals surface area contributed by atoms with E-state index in [1.54, 1.807) is 12.1 Å². The molecule has 0 unspecified atom stereocenters. The van der Waals surface area contributed by atoms with Gasteiger partial charge in [-0.1, -0.05) is 25.5 Å². The zero-order chi connectivity index (χ0) is 14.7. The Morgan fingerprint density at radius 1 is 0.850 bits per heavy atom. The Bertz CT molecular complexity index is 551. The summed E-state index contributed by atoms with van der Waals surface area (Å²) in [6.07, 6.45) is 2.14. The van der Waals surface area contributed by atoms with Crippen molar-refractivity contribution < 1.29 is 10.2 Å². The third-order valence-corrected chi connectivity index (χ3v) is 3.83. The molecule has 2 aromatic carbocycles. The normalized spacial score (nSPS) is 11.0. The Balaban J connectivity index is 2.50. The predicted octanol–water partition coefficient (Wildman–Crippen LogP) is 4.65. The van der Waals surface area contributed by atoms with Crippen molar-refractivity contribution in [2.24, 2.45) is 0 Å². The molecule has 2 nitrogen and oxygen atoms in total. The molecule has 0 aliphatic carbocycles. The largest absolute Gasteiger partial charge is 0.508 e. The lowest BCUT2D eigenvalue weighted by molar-refractivity contribution is 0.474. The minimum Gasteiger partial charge on any atom is -0.508 e. The third kappa shape index (κ3) is 2.96. The topological polar surface area (TPSA) is 40.5 Å². The van der Waals surface area contributed by atoms with Gasteiger partial charge in [0.15, 0.2) is 0 Å². The fourth-order valence-corrected chi connectivity index (χ4v) is 2.87. The van der Waals surface area contributed by atoms with E-state index in [0.29, 0.717) is 17.4 Å². The standard InChI is InChI=1S/C18H22O2/c1-4-5-18(16-8-6-14(19)10-12(16)2)17-9-7-15(20)11-13(17)3/h6-11,18-20H,4-5H2,1-3H3. The molecule has 106 valence electrons. The summed E-state index contributed by atoms with van der Waals surface area (Å²) in [7, 11) is 0. The zero-order valence-electron chi connectivity index (χ0n) is 12.4. The predicted molar refractivity (Wildman–Crippen MR) is 82.4 cm³/mol. The van der Waals surface area contributed by atoms with E-state index >= 15 is 0 Å². The average Bonchev–Trinajstić information content (AvgIpc) is 2.37. The number of rotatable bonds is 4. The summed E-state index contributed by atoms with van der Waals surface area (Å²) >= 11 is 0. The second-order valence-corrected chi connectivity index (χ2v) is 5.42. The van der Waals surface area contributed by atoms with Gasteiger partial charge in [-0.2, -0.15) is 0 Å². The minimum absolute atomic E-state index is 0.307. The molecule has 20 heavy (non-hydrogen) atoms. The van der Waals surface area contributed by atoms with Crippen molar-refractivity contribution in [1.82, 2.24) is 0 Å². The Labute approximate surface area is 120 Å². The van der Waals surface area contributed by atoms with Crippen LogP contribution in [-0.4, -0.2) is 10.2 Å². The maximum atomic E-state index is 9.58. The summed E-state index contributed by atoms with van der Waals surface area (Å²) in [5.74, 6) is 0.925. The van der Waals surface area contributed by atoms with E-state index in [1.165, 1.54) is 11.1 Å². The van der Waals surface area contributed by atoms with Gasteiger partial charge in [-0.15, -0.1) is 0 Å². The summed E-state index contributed by atoms with van der Waals surface area (Å²) in [6.45, 7) is 6.25. The number of aromatic hydroxyl groups is 2. The summed E-state index contributed by atoms with van der Waals surface area (Å²) in [5, 5.41) is 19.2. The molecule has 0 fully saturated rings. The second kappa shape index (κ2) is 6.00. The van der Waals surface area contributed by atoms with Crippen molar-refractivity contribution in [3.05, 3.63) is 58.7 Å². The lowest BCUT2D eigenvalue weighted by atomic mass is 9.83. The molecule has 0 heterocycles. The highest BCUT2D eigenvalue weighted by Crippen LogP contribution is 2.35. The lowest BCUT2D eigenvalue weighted by Gasteiger charge is -2.21. The highest BCUT2D eigenvalue weighted by atomic mass is 16.3. The molecule has 0 amide bonds. The van der Waals surface area contributed by atoms with Crippen LogP contribution in [0.2, 0.25) is 0 Å². The van der Waals surface area contributed by atoms with E-state index in [-0.39, 0.29) is 0 Å². The molecule has 2 N–H and O–H groups in total. The molecule has 0 atom stereocenters. The van der Waals surface area contributed by atoms with E-state index in [9.17, 15) is 10.2 Å². The smallest absolute Gasteiger partial charge is 0.115 e. The van der Waals surface area contributed by atoms with Crippen LogP contribution in [-0.2, 0) is 0 Å². The maximum Gasteiger partial charge on any atom is 0.115 e. The Kier molecular flexibility index (Phi) is 4.33. The second-order valence-electron chi connectivity index (χ2n) is 5.42. The van der Waals surface area contributed by atoms with E-state index < -0.39 is 0 Å². The number of phenols is 2. The van der Waals surface area contributed by atoms with Gasteiger partial charge in [0.2, 0.25) is 0 Å². The average molecular weight is 270 g/mol. The van der Waals surface area contributed by atoms with E-state index in [1.807, 2.05) is 38.1 Å². The van der Waals surface area contributed by atoms with Gasteiger partial charge in [-0.05, 0) is 66.8 Å². The molecule has 0 radical (unpaired) electrons. The summed E-state index contributed by atoms with van der Waals surface area (Å²) in [4.78, 5) is 0. The van der Waals surface area contributed by atoms with Gasteiger partial charge in [-0.25, -0.2) is 0 Å². The minimum atomic E-state index is 0.307. The number of hydrogen-bond acceptors (Lipinski definition) is 2. The SMILES string of the molecule is CCCC(c1ccc(O)cc1C)c1ccc(O)cc1C. The lowest BCUT2D eigenvalue weighted by Crippen LogP contribution is -2.05. The van der Waals surface area contributed by atoms with Crippen LogP contribution in [0.5, 0.6) is 11.5 Å². The molecule has 0 spiro atoms. The molecular weight excluding hydrogens is 248 g/mol. The molecule has 0 bridgehead atoms. The summed E-state index contributed by atoms with van der Waals surface area (Å²) < 4.78 is 0. The summed E-state index contributed by atoms with van der Waals surface area (Å²) in [5.41, 5.74) is 4.71. The number of aryl methyl sites for hydroxylation is 2. The number of hydrogen-bond donors (Lipinski definition) is 2. The van der Waals surface area contributed by atoms with E-state index in [0.717, 1.165) is 24.0 Å². The number of benzene rings is 2. The van der Waals surface area contributed by atoms with Gasteiger partial charge < -0.3 is 10.2 Å². The van der Waals surface area contributed by atoms with Gasteiger partial charge in [0.1, 0.15) is 11.5 Å². The molecule has 0 aromatic heterocycles. The van der Waals surface area contributed by atoms with Crippen LogP contribution in [0.4, 0.5) is 0 Å². The quantitative estimate of drug-likeness (QED) is 0.849. The molecule has 0 saturated heterocycles. The Morgan fingerprint density at radius 3 is 1.65 bits per heavy atom.